The zero-order chi connectivity index (χ0) is 18.3. The molecule has 0 aliphatic heterocycles. The Balaban J connectivity index is 0.00000165. The summed E-state index contributed by atoms with van der Waals surface area (Å²) >= 11 is 0. The van der Waals surface area contributed by atoms with Crippen molar-refractivity contribution in [3.05, 3.63) is 89.4 Å². The van der Waals surface area contributed by atoms with Gasteiger partial charge < -0.3 is 5.92 Å². The van der Waals surface area contributed by atoms with Gasteiger partial charge >= 0.3 is 0 Å². The van der Waals surface area contributed by atoms with Gasteiger partial charge in [0.15, 0.2) is 0 Å². The smallest absolute Gasteiger partial charge is 0.0134 e. The molecule has 29 heavy (non-hydrogen) atoms. The van der Waals surface area contributed by atoms with Gasteiger partial charge in [0.1, 0.15) is 0 Å². The summed E-state index contributed by atoms with van der Waals surface area (Å²) in [5.74, 6) is 5.15. The standard InChI is InChI=1S/C28H27.Zr/c1-2-8-19(7-1)26-20-13-18-14-21(26)17-28(15-18,16-20)27-24-11-5-3-9-22(24)23-10-4-6-12-25(23)27;/h1-7,9-12,18,20,26-27H,8,13-17H2;/q-1;. The summed E-state index contributed by atoms with van der Waals surface area (Å²) in [6.07, 6.45) is 15.4. The summed E-state index contributed by atoms with van der Waals surface area (Å²) in [6, 6.07) is 18.6. The molecule has 6 aliphatic rings. The van der Waals surface area contributed by atoms with Crippen LogP contribution in [-0.4, -0.2) is 0 Å². The van der Waals surface area contributed by atoms with E-state index in [4.69, 9.17) is 0 Å². The van der Waals surface area contributed by atoms with Gasteiger partial charge in [0.2, 0.25) is 0 Å². The molecule has 8 rings (SSSR count). The Bertz CT molecular complexity index is 967. The van der Waals surface area contributed by atoms with Gasteiger partial charge in [0.25, 0.3) is 0 Å². The minimum atomic E-state index is 0. The van der Waals surface area contributed by atoms with Crippen LogP contribution in [-0.2, 0) is 26.2 Å². The fraction of sp³-hybridized carbons (Fsp3) is 0.393. The van der Waals surface area contributed by atoms with Crippen molar-refractivity contribution < 1.29 is 26.2 Å². The van der Waals surface area contributed by atoms with E-state index in [1.54, 1.807) is 16.7 Å². The van der Waals surface area contributed by atoms with Crippen molar-refractivity contribution in [2.75, 3.05) is 0 Å². The molecule has 4 unspecified atom stereocenters. The van der Waals surface area contributed by atoms with Crippen LogP contribution in [0, 0.1) is 29.1 Å². The Morgan fingerprint density at radius 1 is 0.897 bits per heavy atom. The monoisotopic (exact) mass is 453 g/mol. The van der Waals surface area contributed by atoms with E-state index in [-0.39, 0.29) is 26.2 Å². The van der Waals surface area contributed by atoms with E-state index in [9.17, 15) is 0 Å². The van der Waals surface area contributed by atoms with E-state index in [0.717, 1.165) is 17.8 Å². The van der Waals surface area contributed by atoms with E-state index >= 15 is 0 Å². The average molecular weight is 455 g/mol. The largest absolute Gasteiger partial charge is 0.306 e. The Hall–Kier alpha value is -1.20. The van der Waals surface area contributed by atoms with Gasteiger partial charge in [-0.2, -0.15) is 12.8 Å². The summed E-state index contributed by atoms with van der Waals surface area (Å²) in [5.41, 5.74) is 8.42. The molecule has 0 spiro atoms. The Morgan fingerprint density at radius 2 is 1.62 bits per heavy atom. The molecule has 4 atom stereocenters. The van der Waals surface area contributed by atoms with E-state index in [2.05, 4.69) is 66.8 Å². The Labute approximate surface area is 193 Å². The van der Waals surface area contributed by atoms with Crippen LogP contribution in [0.2, 0.25) is 0 Å². The molecular formula is C28H27Zr-. The minimum Gasteiger partial charge on any atom is -0.306 e. The zero-order valence-electron chi connectivity index (χ0n) is 16.9. The first-order chi connectivity index (χ1) is 13.8. The quantitative estimate of drug-likeness (QED) is 0.425. The SMILES string of the molecule is C1=CCC(C2[C-]3CC4CC2CC(C2c5ccccc5-c5ccccc52)(C3)C4)=C1.[Zr]. The molecule has 4 saturated carbocycles. The molecule has 0 N–H and O–H groups in total. The number of hydrogen-bond acceptors (Lipinski definition) is 0. The van der Waals surface area contributed by atoms with Crippen molar-refractivity contribution in [2.45, 2.75) is 44.4 Å². The molecule has 4 bridgehead atoms. The molecule has 1 heteroatoms. The van der Waals surface area contributed by atoms with Gasteiger partial charge in [0, 0.05) is 32.1 Å². The summed E-state index contributed by atoms with van der Waals surface area (Å²) in [5, 5.41) is 0. The van der Waals surface area contributed by atoms with Crippen LogP contribution in [0.25, 0.3) is 11.1 Å². The predicted octanol–water partition coefficient (Wildman–Crippen LogP) is 7.08. The number of hydrogen-bond donors (Lipinski definition) is 0. The second-order valence-electron chi connectivity index (χ2n) is 10.1. The molecule has 4 fully saturated rings. The summed E-state index contributed by atoms with van der Waals surface area (Å²) < 4.78 is 0. The first-order valence-electron chi connectivity index (χ1n) is 11.2. The third-order valence-electron chi connectivity index (χ3n) is 8.69. The van der Waals surface area contributed by atoms with Crippen LogP contribution >= 0.6 is 0 Å². The van der Waals surface area contributed by atoms with Crippen molar-refractivity contribution in [2.24, 2.45) is 23.2 Å². The molecule has 0 saturated heterocycles. The minimum absolute atomic E-state index is 0. The maximum atomic E-state index is 2.44. The molecular weight excluding hydrogens is 428 g/mol. The molecule has 6 aliphatic carbocycles. The first kappa shape index (κ1) is 18.6. The van der Waals surface area contributed by atoms with Crippen LogP contribution in [0.1, 0.15) is 55.6 Å². The van der Waals surface area contributed by atoms with Crippen molar-refractivity contribution in [1.82, 2.24) is 0 Å². The van der Waals surface area contributed by atoms with E-state index < -0.39 is 0 Å². The third-order valence-corrected chi connectivity index (χ3v) is 8.69. The number of allylic oxidation sites excluding steroid dienone is 4. The van der Waals surface area contributed by atoms with Crippen LogP contribution in [0.5, 0.6) is 0 Å². The summed E-state index contributed by atoms with van der Waals surface area (Å²) in [7, 11) is 0. The van der Waals surface area contributed by atoms with Gasteiger partial charge in [0.05, 0.1) is 0 Å². The molecule has 0 heterocycles. The molecule has 0 amide bonds. The fourth-order valence-electron chi connectivity index (χ4n) is 8.21. The first-order valence-corrected chi connectivity index (χ1v) is 11.2. The van der Waals surface area contributed by atoms with Crippen molar-refractivity contribution in [3.8, 4) is 11.1 Å². The van der Waals surface area contributed by atoms with Gasteiger partial charge in [-0.05, 0) is 46.9 Å². The van der Waals surface area contributed by atoms with Crippen LogP contribution < -0.4 is 0 Å². The number of rotatable bonds is 2. The van der Waals surface area contributed by atoms with Crippen LogP contribution in [0.15, 0.2) is 72.3 Å². The van der Waals surface area contributed by atoms with Gasteiger partial charge in [-0.3, -0.25) is 0 Å². The van der Waals surface area contributed by atoms with Gasteiger partial charge in [-0.15, -0.1) is 5.92 Å². The maximum Gasteiger partial charge on any atom is 0.0134 e. The predicted molar refractivity (Wildman–Crippen MR) is 115 cm³/mol. The van der Waals surface area contributed by atoms with E-state index in [0.29, 0.717) is 11.3 Å². The Kier molecular flexibility index (Phi) is 4.26. The normalized spacial score (nSPS) is 34.1. The second-order valence-corrected chi connectivity index (χ2v) is 10.1. The number of fused-ring (bicyclic) bond motifs is 3. The zero-order valence-corrected chi connectivity index (χ0v) is 19.4. The second kappa shape index (κ2) is 6.65. The van der Waals surface area contributed by atoms with Gasteiger partial charge in [-0.1, -0.05) is 90.6 Å². The van der Waals surface area contributed by atoms with Crippen LogP contribution in [0.3, 0.4) is 0 Å². The van der Waals surface area contributed by atoms with E-state index in [1.807, 2.05) is 5.92 Å². The van der Waals surface area contributed by atoms with Crippen LogP contribution in [0.4, 0.5) is 0 Å². The molecule has 2 aromatic rings. The summed E-state index contributed by atoms with van der Waals surface area (Å²) in [6.45, 7) is 0. The molecule has 0 radical (unpaired) electrons. The third kappa shape index (κ3) is 2.53. The van der Waals surface area contributed by atoms with Crippen molar-refractivity contribution in [1.29, 1.82) is 0 Å². The molecule has 0 nitrogen and oxygen atoms in total. The van der Waals surface area contributed by atoms with Crippen molar-refractivity contribution >= 4 is 0 Å². The fourth-order valence-corrected chi connectivity index (χ4v) is 8.21. The molecule has 2 aromatic carbocycles. The topological polar surface area (TPSA) is 0 Å². The van der Waals surface area contributed by atoms with Crippen molar-refractivity contribution in [3.63, 3.8) is 0 Å². The summed E-state index contributed by atoms with van der Waals surface area (Å²) in [4.78, 5) is 0. The average Bonchev–Trinajstić information content (AvgIpc) is 3.33. The Morgan fingerprint density at radius 3 is 2.28 bits per heavy atom. The van der Waals surface area contributed by atoms with Gasteiger partial charge in [-0.25, -0.2) is 0 Å². The molecule has 0 aromatic heterocycles. The van der Waals surface area contributed by atoms with E-state index in [1.165, 1.54) is 49.7 Å². The number of benzene rings is 2. The molecule has 144 valence electrons. The maximum absolute atomic E-state index is 2.44.